The Morgan fingerprint density at radius 1 is 1.19 bits per heavy atom. The number of urea groups is 1. The molecule has 7 heteroatoms. The summed E-state index contributed by atoms with van der Waals surface area (Å²) in [5.41, 5.74) is 6.53. The molecule has 0 fully saturated rings. The number of rotatable bonds is 9. The van der Waals surface area contributed by atoms with Crippen LogP contribution >= 0.6 is 0 Å². The van der Waals surface area contributed by atoms with Crippen molar-refractivity contribution in [3.63, 3.8) is 0 Å². The fourth-order valence-electron chi connectivity index (χ4n) is 2.49. The molecule has 4 N–H and O–H groups in total. The van der Waals surface area contributed by atoms with E-state index in [1.165, 1.54) is 12.1 Å². The lowest BCUT2D eigenvalue weighted by Gasteiger charge is -2.17. The third-order valence-electron chi connectivity index (χ3n) is 3.90. The molecule has 27 heavy (non-hydrogen) atoms. The molecule has 0 aliphatic carbocycles. The minimum atomic E-state index is -0.734. The first-order valence-corrected chi connectivity index (χ1v) is 8.82. The van der Waals surface area contributed by atoms with Gasteiger partial charge in [0.15, 0.2) is 0 Å². The molecular weight excluding hydrogens is 349 g/mol. The predicted molar refractivity (Wildman–Crippen MR) is 102 cm³/mol. The normalized spacial score (nSPS) is 11.5. The van der Waals surface area contributed by atoms with Crippen molar-refractivity contribution in [2.24, 2.45) is 5.73 Å². The number of hydrogen-bond donors (Lipinski definition) is 3. The summed E-state index contributed by atoms with van der Waals surface area (Å²) in [5, 5.41) is 5.23. The standard InChI is InChI=1S/C20H24FN3O3/c1-2-3-7-18(24-20(22)26)19(25)23-16-5-4-6-17(12-16)27-13-14-8-10-15(21)11-9-14/h4-6,8-12,18H,2-3,7,13H2,1H3,(H,23,25)(H3,22,24,26). The summed E-state index contributed by atoms with van der Waals surface area (Å²) in [5.74, 6) is -0.0753. The molecule has 0 aliphatic rings. The first-order valence-electron chi connectivity index (χ1n) is 8.82. The Kier molecular flexibility index (Phi) is 7.61. The fraction of sp³-hybridized carbons (Fsp3) is 0.300. The van der Waals surface area contributed by atoms with E-state index in [4.69, 9.17) is 10.5 Å². The van der Waals surface area contributed by atoms with Crippen molar-refractivity contribution in [2.75, 3.05) is 5.32 Å². The summed E-state index contributed by atoms with van der Waals surface area (Å²) in [6.45, 7) is 2.28. The van der Waals surface area contributed by atoms with Gasteiger partial charge in [-0.1, -0.05) is 38.0 Å². The van der Waals surface area contributed by atoms with Gasteiger partial charge in [0, 0.05) is 11.8 Å². The van der Waals surface area contributed by atoms with Crippen LogP contribution in [0, 0.1) is 5.82 Å². The molecule has 1 atom stereocenters. The predicted octanol–water partition coefficient (Wildman–Crippen LogP) is 3.57. The van der Waals surface area contributed by atoms with Crippen LogP contribution in [0.4, 0.5) is 14.9 Å². The molecule has 0 bridgehead atoms. The monoisotopic (exact) mass is 373 g/mol. The van der Waals surface area contributed by atoms with Crippen molar-refractivity contribution in [1.82, 2.24) is 5.32 Å². The molecule has 6 nitrogen and oxygen atoms in total. The molecule has 0 aromatic heterocycles. The van der Waals surface area contributed by atoms with Gasteiger partial charge in [-0.2, -0.15) is 0 Å². The molecule has 1 unspecified atom stereocenters. The summed E-state index contributed by atoms with van der Waals surface area (Å²) in [7, 11) is 0. The highest BCUT2D eigenvalue weighted by Crippen LogP contribution is 2.19. The minimum Gasteiger partial charge on any atom is -0.489 e. The molecule has 3 amide bonds. The second-order valence-corrected chi connectivity index (χ2v) is 6.14. The number of carbonyl (C=O) groups is 2. The number of nitrogens with one attached hydrogen (secondary N) is 2. The van der Waals surface area contributed by atoms with Crippen LogP contribution in [-0.4, -0.2) is 18.0 Å². The lowest BCUT2D eigenvalue weighted by atomic mass is 10.1. The molecule has 0 spiro atoms. The summed E-state index contributed by atoms with van der Waals surface area (Å²) in [6, 6.07) is 11.5. The van der Waals surface area contributed by atoms with Gasteiger partial charge in [-0.25, -0.2) is 9.18 Å². The number of benzene rings is 2. The van der Waals surface area contributed by atoms with Gasteiger partial charge in [-0.15, -0.1) is 0 Å². The Bertz CT molecular complexity index is 765. The van der Waals surface area contributed by atoms with Crippen LogP contribution in [0.5, 0.6) is 5.75 Å². The lowest BCUT2D eigenvalue weighted by molar-refractivity contribution is -0.118. The number of ether oxygens (including phenoxy) is 1. The third-order valence-corrected chi connectivity index (χ3v) is 3.90. The largest absolute Gasteiger partial charge is 0.489 e. The first kappa shape index (κ1) is 20.2. The Morgan fingerprint density at radius 2 is 1.93 bits per heavy atom. The second kappa shape index (κ2) is 10.2. The zero-order chi connectivity index (χ0) is 19.6. The Balaban J connectivity index is 1.97. The molecule has 144 valence electrons. The van der Waals surface area contributed by atoms with Crippen molar-refractivity contribution in [2.45, 2.75) is 38.8 Å². The lowest BCUT2D eigenvalue weighted by Crippen LogP contribution is -2.46. The van der Waals surface area contributed by atoms with Crippen LogP contribution in [0.15, 0.2) is 48.5 Å². The van der Waals surface area contributed by atoms with Gasteiger partial charge in [0.1, 0.15) is 24.2 Å². The number of unbranched alkanes of at least 4 members (excludes halogenated alkanes) is 1. The number of nitrogens with two attached hydrogens (primary N) is 1. The number of hydrogen-bond acceptors (Lipinski definition) is 3. The summed E-state index contributed by atoms with van der Waals surface area (Å²) < 4.78 is 18.6. The molecule has 0 radical (unpaired) electrons. The highest BCUT2D eigenvalue weighted by molar-refractivity contribution is 5.96. The van der Waals surface area contributed by atoms with Crippen molar-refractivity contribution in [3.8, 4) is 5.75 Å². The summed E-state index contributed by atoms with van der Waals surface area (Å²) >= 11 is 0. The highest BCUT2D eigenvalue weighted by Gasteiger charge is 2.19. The summed E-state index contributed by atoms with van der Waals surface area (Å²) in [4.78, 5) is 23.5. The maximum Gasteiger partial charge on any atom is 0.312 e. The second-order valence-electron chi connectivity index (χ2n) is 6.14. The van der Waals surface area contributed by atoms with E-state index < -0.39 is 12.1 Å². The minimum absolute atomic E-state index is 0.278. The Hall–Kier alpha value is -3.09. The van der Waals surface area contributed by atoms with Gasteiger partial charge in [0.2, 0.25) is 5.91 Å². The van der Waals surface area contributed by atoms with Crippen LogP contribution in [0.25, 0.3) is 0 Å². The van der Waals surface area contributed by atoms with Gasteiger partial charge in [0.05, 0.1) is 0 Å². The smallest absolute Gasteiger partial charge is 0.312 e. The van der Waals surface area contributed by atoms with Crippen LogP contribution in [0.2, 0.25) is 0 Å². The van der Waals surface area contributed by atoms with E-state index in [-0.39, 0.29) is 18.3 Å². The molecule has 0 aliphatic heterocycles. The van der Waals surface area contributed by atoms with E-state index in [9.17, 15) is 14.0 Å². The average molecular weight is 373 g/mol. The Labute approximate surface area is 157 Å². The van der Waals surface area contributed by atoms with E-state index in [0.29, 0.717) is 17.9 Å². The van der Waals surface area contributed by atoms with Gasteiger partial charge < -0.3 is 21.1 Å². The Morgan fingerprint density at radius 3 is 2.59 bits per heavy atom. The van der Waals surface area contributed by atoms with E-state index in [2.05, 4.69) is 10.6 Å². The van der Waals surface area contributed by atoms with Gasteiger partial charge >= 0.3 is 6.03 Å². The molecule has 2 rings (SSSR count). The number of halogens is 1. The SMILES string of the molecule is CCCCC(NC(N)=O)C(=O)Nc1cccc(OCc2ccc(F)cc2)c1. The van der Waals surface area contributed by atoms with Crippen molar-refractivity contribution >= 4 is 17.6 Å². The number of primary amides is 1. The molecule has 2 aromatic rings. The van der Waals surface area contributed by atoms with Crippen LogP contribution in [0.3, 0.4) is 0 Å². The number of anilines is 1. The molecular formula is C20H24FN3O3. The number of amides is 3. The van der Waals surface area contributed by atoms with E-state index >= 15 is 0 Å². The van der Waals surface area contributed by atoms with Crippen molar-refractivity contribution < 1.29 is 18.7 Å². The molecule has 2 aromatic carbocycles. The van der Waals surface area contributed by atoms with E-state index in [1.807, 2.05) is 6.92 Å². The molecule has 0 saturated heterocycles. The highest BCUT2D eigenvalue weighted by atomic mass is 19.1. The third kappa shape index (κ3) is 6.97. The zero-order valence-electron chi connectivity index (χ0n) is 15.2. The maximum absolute atomic E-state index is 12.9. The van der Waals surface area contributed by atoms with Gasteiger partial charge in [-0.05, 0) is 36.2 Å². The summed E-state index contributed by atoms with van der Waals surface area (Å²) in [6.07, 6.45) is 2.20. The van der Waals surface area contributed by atoms with Crippen LogP contribution < -0.4 is 21.1 Å². The number of carbonyl (C=O) groups excluding carboxylic acids is 2. The maximum atomic E-state index is 12.9. The van der Waals surface area contributed by atoms with Crippen molar-refractivity contribution in [3.05, 3.63) is 59.9 Å². The average Bonchev–Trinajstić information content (AvgIpc) is 2.64. The quantitative estimate of drug-likeness (QED) is 0.627. The fourth-order valence-corrected chi connectivity index (χ4v) is 2.49. The first-order chi connectivity index (χ1) is 13.0. The molecule has 0 heterocycles. The van der Waals surface area contributed by atoms with E-state index in [0.717, 1.165) is 18.4 Å². The zero-order valence-corrected chi connectivity index (χ0v) is 15.2. The van der Waals surface area contributed by atoms with Gasteiger partial charge in [0.25, 0.3) is 0 Å². The van der Waals surface area contributed by atoms with Crippen LogP contribution in [-0.2, 0) is 11.4 Å². The van der Waals surface area contributed by atoms with Gasteiger partial charge in [-0.3, -0.25) is 4.79 Å². The van der Waals surface area contributed by atoms with Crippen LogP contribution in [0.1, 0.15) is 31.7 Å². The molecule has 0 saturated carbocycles. The topological polar surface area (TPSA) is 93.5 Å². The van der Waals surface area contributed by atoms with Crippen molar-refractivity contribution in [1.29, 1.82) is 0 Å². The van der Waals surface area contributed by atoms with E-state index in [1.54, 1.807) is 36.4 Å².